The molecule has 0 amide bonds. The first-order valence-corrected chi connectivity index (χ1v) is 13.2. The van der Waals surface area contributed by atoms with Crippen LogP contribution in [0, 0.1) is 5.92 Å². The Balaban J connectivity index is 1.75. The van der Waals surface area contributed by atoms with Crippen molar-refractivity contribution in [3.8, 4) is 17.2 Å². The number of allylic oxidation sites excluding steroid dienone is 1. The summed E-state index contributed by atoms with van der Waals surface area (Å²) in [6.45, 7) is 1.62. The first kappa shape index (κ1) is 28.3. The summed E-state index contributed by atoms with van der Waals surface area (Å²) in [5.41, 5.74) is -0.754. The second-order valence-corrected chi connectivity index (χ2v) is 10.6. The van der Waals surface area contributed by atoms with E-state index in [1.54, 1.807) is 39.2 Å². The number of aryl methyl sites for hydroxylation is 2. The number of aliphatic hydroxyl groups is 1. The van der Waals surface area contributed by atoms with Crippen LogP contribution in [0.4, 0.5) is 0 Å². The summed E-state index contributed by atoms with van der Waals surface area (Å²) in [4.78, 5) is 52.9. The first-order valence-electron chi connectivity index (χ1n) is 12.8. The van der Waals surface area contributed by atoms with Crippen molar-refractivity contribution in [3.63, 3.8) is 0 Å². The highest BCUT2D eigenvalue weighted by Gasteiger charge is 2.61. The number of hydrogen-bond donors (Lipinski definition) is 1. The summed E-state index contributed by atoms with van der Waals surface area (Å²) in [5, 5.41) is 11.9. The smallest absolute Gasteiger partial charge is 0.328 e. The molecule has 1 spiro atoms. The molecule has 1 aromatic heterocycles. The van der Waals surface area contributed by atoms with Crippen LogP contribution in [0.25, 0.3) is 11.0 Å². The number of aliphatic hydroxyl groups excluding tert-OH is 1. The Morgan fingerprint density at radius 2 is 1.76 bits per heavy atom. The van der Waals surface area contributed by atoms with E-state index in [2.05, 4.69) is 0 Å². The molecule has 2 aliphatic rings. The van der Waals surface area contributed by atoms with Crippen molar-refractivity contribution in [1.82, 2.24) is 9.13 Å². The van der Waals surface area contributed by atoms with Gasteiger partial charge in [0.05, 0.1) is 38.8 Å². The Kier molecular flexibility index (Phi) is 6.89. The van der Waals surface area contributed by atoms with Gasteiger partial charge in [0.15, 0.2) is 17.3 Å². The number of ether oxygens (including phenoxy) is 4. The summed E-state index contributed by atoms with van der Waals surface area (Å²) >= 11 is 6.53. The Bertz CT molecular complexity index is 1730. The van der Waals surface area contributed by atoms with E-state index in [1.807, 2.05) is 0 Å². The number of methoxy groups -OCH3 is 3. The third-order valence-corrected chi connectivity index (χ3v) is 8.51. The molecule has 0 saturated heterocycles. The van der Waals surface area contributed by atoms with Crippen molar-refractivity contribution in [2.75, 3.05) is 21.3 Å². The monoisotopic (exact) mass is 584 g/mol. The lowest BCUT2D eigenvalue weighted by Gasteiger charge is -2.38. The number of ketones is 2. The lowest BCUT2D eigenvalue weighted by Crippen LogP contribution is -2.53. The molecule has 0 radical (unpaired) electrons. The second-order valence-electron chi connectivity index (χ2n) is 10.2. The van der Waals surface area contributed by atoms with E-state index in [-0.39, 0.29) is 51.9 Å². The van der Waals surface area contributed by atoms with Gasteiger partial charge in [-0.25, -0.2) is 4.79 Å². The van der Waals surface area contributed by atoms with Crippen molar-refractivity contribution < 1.29 is 38.4 Å². The van der Waals surface area contributed by atoms with Gasteiger partial charge >= 0.3 is 11.7 Å². The minimum Gasteiger partial charge on any atom is -0.507 e. The number of esters is 1. The van der Waals surface area contributed by atoms with Gasteiger partial charge in [-0.05, 0) is 17.7 Å². The van der Waals surface area contributed by atoms with E-state index >= 15 is 0 Å². The predicted octanol–water partition coefficient (Wildman–Crippen LogP) is 3.63. The predicted molar refractivity (Wildman–Crippen MR) is 148 cm³/mol. The Morgan fingerprint density at radius 1 is 1.10 bits per heavy atom. The zero-order chi connectivity index (χ0) is 30.0. The number of nitrogens with zero attached hydrogens (tertiary/aromatic N) is 2. The van der Waals surface area contributed by atoms with Crippen LogP contribution in [0.2, 0.25) is 5.02 Å². The van der Waals surface area contributed by atoms with Crippen LogP contribution in [0.3, 0.4) is 0 Å². The number of halogens is 1. The fraction of sp³-hybridized carbons (Fsp3) is 0.379. The van der Waals surface area contributed by atoms with Crippen molar-refractivity contribution in [3.05, 3.63) is 62.2 Å². The number of rotatable bonds is 6. The Labute approximate surface area is 239 Å². The van der Waals surface area contributed by atoms with Crippen LogP contribution in [0.15, 0.2) is 40.4 Å². The van der Waals surface area contributed by atoms with Gasteiger partial charge in [-0.2, -0.15) is 0 Å². The Hall–Kier alpha value is -4.25. The molecule has 3 atom stereocenters. The molecule has 1 N–H and O–H groups in total. The number of hydrogen-bond acceptors (Lipinski definition) is 9. The molecular formula is C29H29ClN2O9. The van der Waals surface area contributed by atoms with E-state index in [0.29, 0.717) is 16.6 Å². The molecule has 0 bridgehead atoms. The van der Waals surface area contributed by atoms with E-state index in [4.69, 9.17) is 30.5 Å². The maximum Gasteiger partial charge on any atom is 0.328 e. The number of aromatic nitrogens is 2. The summed E-state index contributed by atoms with van der Waals surface area (Å²) in [6.07, 6.45) is -0.489. The summed E-state index contributed by atoms with van der Waals surface area (Å²) in [7, 11) is 7.22. The van der Waals surface area contributed by atoms with Crippen molar-refractivity contribution >= 4 is 40.2 Å². The van der Waals surface area contributed by atoms with E-state index in [9.17, 15) is 24.3 Å². The highest BCUT2D eigenvalue weighted by Crippen LogP contribution is 2.55. The molecule has 0 saturated carbocycles. The van der Waals surface area contributed by atoms with Gasteiger partial charge in [-0.15, -0.1) is 0 Å². The molecule has 41 heavy (non-hydrogen) atoms. The summed E-state index contributed by atoms with van der Waals surface area (Å²) in [5.74, 6) is -3.90. The third-order valence-electron chi connectivity index (χ3n) is 8.16. The molecule has 216 valence electrons. The minimum absolute atomic E-state index is 0.00790. The van der Waals surface area contributed by atoms with Crippen LogP contribution in [0.5, 0.6) is 17.2 Å². The number of imidazole rings is 1. The molecule has 12 heteroatoms. The van der Waals surface area contributed by atoms with Crippen molar-refractivity contribution in [2.45, 2.75) is 31.3 Å². The normalized spacial score (nSPS) is 20.8. The van der Waals surface area contributed by atoms with Crippen LogP contribution < -0.4 is 19.9 Å². The van der Waals surface area contributed by atoms with Crippen LogP contribution in [-0.2, 0) is 28.4 Å². The van der Waals surface area contributed by atoms with Gasteiger partial charge in [-0.3, -0.25) is 23.5 Å². The number of Topliss-reactive ketones (excluding diaryl/α,β-unsaturated/α-hetero) is 2. The average molecular weight is 585 g/mol. The van der Waals surface area contributed by atoms with Gasteiger partial charge < -0.3 is 24.1 Å². The van der Waals surface area contributed by atoms with Crippen LogP contribution >= 0.6 is 11.6 Å². The van der Waals surface area contributed by atoms with Crippen LogP contribution in [-0.4, -0.2) is 58.7 Å². The maximum absolute atomic E-state index is 14.1. The second kappa shape index (κ2) is 9.99. The lowest BCUT2D eigenvalue weighted by atomic mass is 9.69. The Morgan fingerprint density at radius 3 is 2.39 bits per heavy atom. The molecule has 1 aliphatic carbocycles. The molecule has 0 unspecified atom stereocenters. The molecule has 5 rings (SSSR count). The fourth-order valence-corrected chi connectivity index (χ4v) is 6.18. The molecule has 2 aromatic carbocycles. The summed E-state index contributed by atoms with van der Waals surface area (Å²) in [6, 6.07) is 6.49. The SMILES string of the molecule is COC(=O)C[C@H](C1=C(O)[C@@]2(Oc3c(Cl)c(OC)cc(OC)c3C2=O)[C@H](C)CC1=O)c1ccc2c(c1)n(C)c(=O)n2C. The van der Waals surface area contributed by atoms with Gasteiger partial charge in [0, 0.05) is 44.0 Å². The third kappa shape index (κ3) is 3.93. The zero-order valence-electron chi connectivity index (χ0n) is 23.4. The molecule has 2 heterocycles. The standard InChI is InChI=1S/C29H29ClN2O9/c1-13-9-18(33)22(15(11-21(34)40-6)14-7-8-16-17(10-14)32(3)28(37)31(16)2)26(35)29(13)27(36)23-19(38-4)12-20(39-5)24(30)25(23)41-29/h7-8,10,12-13,15,35H,9,11H2,1-6H3/t13-,15+,29+/m1/s1. The largest absolute Gasteiger partial charge is 0.507 e. The topological polar surface area (TPSA) is 135 Å². The molecule has 3 aromatic rings. The van der Waals surface area contributed by atoms with Gasteiger partial charge in [0.25, 0.3) is 0 Å². The zero-order valence-corrected chi connectivity index (χ0v) is 24.1. The quantitative estimate of drug-likeness (QED) is 0.431. The molecular weight excluding hydrogens is 556 g/mol. The molecule has 1 aliphatic heterocycles. The fourth-order valence-electron chi connectivity index (χ4n) is 5.92. The van der Waals surface area contributed by atoms with E-state index in [0.717, 1.165) is 0 Å². The van der Waals surface area contributed by atoms with Crippen molar-refractivity contribution in [1.29, 1.82) is 0 Å². The highest BCUT2D eigenvalue weighted by atomic mass is 35.5. The first-order chi connectivity index (χ1) is 19.4. The highest BCUT2D eigenvalue weighted by molar-refractivity contribution is 6.35. The lowest BCUT2D eigenvalue weighted by molar-refractivity contribution is -0.140. The number of benzene rings is 2. The van der Waals surface area contributed by atoms with Crippen molar-refractivity contribution in [2.24, 2.45) is 20.0 Å². The average Bonchev–Trinajstić information content (AvgIpc) is 3.39. The summed E-state index contributed by atoms with van der Waals surface area (Å²) < 4.78 is 24.8. The molecule has 0 fully saturated rings. The minimum atomic E-state index is -2.01. The van der Waals surface area contributed by atoms with Crippen LogP contribution in [0.1, 0.15) is 41.6 Å². The van der Waals surface area contributed by atoms with E-state index < -0.39 is 40.7 Å². The molecule has 11 nitrogen and oxygen atoms in total. The number of carbonyl (C=O) groups is 3. The van der Waals surface area contributed by atoms with E-state index in [1.165, 1.54) is 36.5 Å². The number of fused-ring (bicyclic) bond motifs is 2. The van der Waals surface area contributed by atoms with Gasteiger partial charge in [-0.1, -0.05) is 24.6 Å². The number of carbonyl (C=O) groups excluding carboxylic acids is 3. The van der Waals surface area contributed by atoms with Gasteiger partial charge in [0.1, 0.15) is 22.1 Å². The van der Waals surface area contributed by atoms with Gasteiger partial charge in [0.2, 0.25) is 11.4 Å². The maximum atomic E-state index is 14.1.